The molecule has 5 aliphatic rings. The van der Waals surface area contributed by atoms with Crippen molar-refractivity contribution >= 4 is 11.3 Å². The smallest absolute Gasteiger partial charge is 0.110 e. The molecule has 3 atom stereocenters. The zero-order valence-electron chi connectivity index (χ0n) is 13.8. The Bertz CT molecular complexity index is 644. The summed E-state index contributed by atoms with van der Waals surface area (Å²) in [7, 11) is 1.90. The van der Waals surface area contributed by atoms with Gasteiger partial charge in [0.05, 0.1) is 0 Å². The fourth-order valence-electron chi connectivity index (χ4n) is 6.08. The number of likely N-dealkylation sites (tertiary alicyclic amines) is 1. The van der Waals surface area contributed by atoms with Gasteiger partial charge < -0.3 is 4.74 Å². The number of rotatable bonds is 3. The highest BCUT2D eigenvalue weighted by atomic mass is 32.1. The molecule has 1 saturated heterocycles. The van der Waals surface area contributed by atoms with Crippen molar-refractivity contribution in [2.24, 2.45) is 17.8 Å². The Balaban J connectivity index is 1.50. The maximum atomic E-state index is 9.21. The topological polar surface area (TPSA) is 36.3 Å². The molecule has 122 valence electrons. The SMILES string of the molecule is CO[C@@]1(c2ccc(C#N)s2)[C@@H]2CCC[C@H]1CN(C13CC(C1)C3)C2. The van der Waals surface area contributed by atoms with E-state index in [9.17, 15) is 5.26 Å². The van der Waals surface area contributed by atoms with E-state index in [1.54, 1.807) is 11.3 Å². The van der Waals surface area contributed by atoms with Gasteiger partial charge in [-0.3, -0.25) is 4.90 Å². The predicted molar refractivity (Wildman–Crippen MR) is 90.2 cm³/mol. The van der Waals surface area contributed by atoms with E-state index in [0.29, 0.717) is 17.4 Å². The van der Waals surface area contributed by atoms with E-state index >= 15 is 0 Å². The Morgan fingerprint density at radius 3 is 2.39 bits per heavy atom. The van der Waals surface area contributed by atoms with Crippen molar-refractivity contribution in [3.05, 3.63) is 21.9 Å². The van der Waals surface area contributed by atoms with Crippen LogP contribution in [0.25, 0.3) is 0 Å². The van der Waals surface area contributed by atoms with Crippen molar-refractivity contribution in [3.63, 3.8) is 0 Å². The molecule has 1 aliphatic heterocycles. The number of piperidine rings is 1. The van der Waals surface area contributed by atoms with Crippen LogP contribution in [-0.4, -0.2) is 30.6 Å². The molecule has 0 aromatic carbocycles. The van der Waals surface area contributed by atoms with Crippen LogP contribution in [0.5, 0.6) is 0 Å². The Hall–Kier alpha value is -0.890. The Labute approximate surface area is 142 Å². The normalized spacial score (nSPS) is 45.0. The van der Waals surface area contributed by atoms with Gasteiger partial charge in [0.25, 0.3) is 0 Å². The van der Waals surface area contributed by atoms with Gasteiger partial charge in [0.2, 0.25) is 0 Å². The van der Waals surface area contributed by atoms with Crippen LogP contribution in [0.2, 0.25) is 0 Å². The molecule has 1 aromatic rings. The molecule has 3 nitrogen and oxygen atoms in total. The van der Waals surface area contributed by atoms with Gasteiger partial charge in [-0.15, -0.1) is 11.3 Å². The number of nitrogens with zero attached hydrogens (tertiary/aromatic N) is 2. The van der Waals surface area contributed by atoms with Crippen LogP contribution in [0.4, 0.5) is 0 Å². The first-order chi connectivity index (χ1) is 11.2. The fraction of sp³-hybridized carbons (Fsp3) is 0.737. The van der Waals surface area contributed by atoms with Gasteiger partial charge in [0, 0.05) is 42.5 Å². The first kappa shape index (κ1) is 14.5. The number of hydrogen-bond donors (Lipinski definition) is 0. The highest BCUT2D eigenvalue weighted by Gasteiger charge is 2.64. The quantitative estimate of drug-likeness (QED) is 0.848. The van der Waals surface area contributed by atoms with Crippen LogP contribution in [0.1, 0.15) is 48.3 Å². The largest absolute Gasteiger partial charge is 0.372 e. The summed E-state index contributed by atoms with van der Waals surface area (Å²) in [5.41, 5.74) is 0.434. The number of fused-ring (bicyclic) bond motifs is 2. The maximum absolute atomic E-state index is 9.21. The summed E-state index contributed by atoms with van der Waals surface area (Å²) >= 11 is 1.65. The minimum Gasteiger partial charge on any atom is -0.372 e. The van der Waals surface area contributed by atoms with E-state index in [-0.39, 0.29) is 5.60 Å². The summed E-state index contributed by atoms with van der Waals surface area (Å²) in [5, 5.41) is 9.21. The fourth-order valence-corrected chi connectivity index (χ4v) is 7.22. The van der Waals surface area contributed by atoms with Gasteiger partial charge in [0.1, 0.15) is 16.5 Å². The minimum atomic E-state index is -0.141. The van der Waals surface area contributed by atoms with Crippen molar-refractivity contribution in [2.45, 2.75) is 49.7 Å². The molecule has 0 amide bonds. The highest BCUT2D eigenvalue weighted by molar-refractivity contribution is 7.12. The Kier molecular flexibility index (Phi) is 3.03. The lowest BCUT2D eigenvalue weighted by molar-refractivity contribution is -0.225. The summed E-state index contributed by atoms with van der Waals surface area (Å²) in [4.78, 5) is 4.94. The number of nitriles is 1. The third kappa shape index (κ3) is 1.76. The lowest BCUT2D eigenvalue weighted by atomic mass is 9.48. The van der Waals surface area contributed by atoms with E-state index in [1.165, 1.54) is 56.5 Å². The molecule has 4 heteroatoms. The monoisotopic (exact) mass is 328 g/mol. The van der Waals surface area contributed by atoms with Gasteiger partial charge >= 0.3 is 0 Å². The highest BCUT2D eigenvalue weighted by Crippen LogP contribution is 2.63. The van der Waals surface area contributed by atoms with E-state index in [4.69, 9.17) is 4.74 Å². The minimum absolute atomic E-state index is 0.141. The summed E-state index contributed by atoms with van der Waals surface area (Å²) in [6.45, 7) is 2.38. The van der Waals surface area contributed by atoms with Crippen LogP contribution >= 0.6 is 11.3 Å². The first-order valence-electron chi connectivity index (χ1n) is 9.01. The molecule has 23 heavy (non-hydrogen) atoms. The summed E-state index contributed by atoms with van der Waals surface area (Å²) < 4.78 is 6.29. The van der Waals surface area contributed by atoms with Gasteiger partial charge in [-0.2, -0.15) is 5.26 Å². The molecule has 2 heterocycles. The molecule has 0 unspecified atom stereocenters. The molecule has 4 bridgehead atoms. The average molecular weight is 328 g/mol. The number of methoxy groups -OCH3 is 1. The van der Waals surface area contributed by atoms with E-state index in [0.717, 1.165) is 10.8 Å². The molecule has 0 radical (unpaired) electrons. The Morgan fingerprint density at radius 2 is 1.91 bits per heavy atom. The average Bonchev–Trinajstić information content (AvgIpc) is 2.92. The summed E-state index contributed by atoms with van der Waals surface area (Å²) in [5.74, 6) is 2.21. The predicted octanol–water partition coefficient (Wildman–Crippen LogP) is 3.75. The zero-order chi connectivity index (χ0) is 15.7. The second kappa shape index (κ2) is 4.81. The maximum Gasteiger partial charge on any atom is 0.110 e. The van der Waals surface area contributed by atoms with E-state index < -0.39 is 0 Å². The van der Waals surface area contributed by atoms with Gasteiger partial charge in [-0.25, -0.2) is 0 Å². The summed E-state index contributed by atoms with van der Waals surface area (Å²) in [6, 6.07) is 6.44. The molecule has 0 N–H and O–H groups in total. The first-order valence-corrected chi connectivity index (χ1v) is 9.82. The van der Waals surface area contributed by atoms with Gasteiger partial charge in [-0.05, 0) is 50.2 Å². The Morgan fingerprint density at radius 1 is 1.22 bits per heavy atom. The standard InChI is InChI=1S/C19H24N2OS/c1-22-19(17-6-5-16(10-20)23-17)14-3-2-4-15(19)12-21(11-14)18-7-13(8-18)9-18/h5-6,13-15H,2-4,7-9,11-12H2,1H3/t13?,14-,15+,18?,19+. The molecule has 5 fully saturated rings. The third-order valence-corrected chi connectivity index (χ3v) is 8.44. The van der Waals surface area contributed by atoms with Crippen LogP contribution in [-0.2, 0) is 10.3 Å². The van der Waals surface area contributed by atoms with Crippen LogP contribution < -0.4 is 0 Å². The van der Waals surface area contributed by atoms with Crippen molar-refractivity contribution in [2.75, 3.05) is 20.2 Å². The second-order valence-corrected chi connectivity index (χ2v) is 9.29. The van der Waals surface area contributed by atoms with E-state index in [1.807, 2.05) is 13.2 Å². The lowest BCUT2D eigenvalue weighted by Gasteiger charge is -2.70. The van der Waals surface area contributed by atoms with E-state index in [2.05, 4.69) is 17.0 Å². The van der Waals surface area contributed by atoms with Crippen molar-refractivity contribution in [1.29, 1.82) is 5.26 Å². The zero-order valence-corrected chi connectivity index (χ0v) is 14.6. The van der Waals surface area contributed by atoms with Crippen LogP contribution in [0, 0.1) is 29.1 Å². The number of ether oxygens (including phenoxy) is 1. The molecule has 1 aromatic heterocycles. The molecule has 4 saturated carbocycles. The molecule has 0 spiro atoms. The molecule has 6 rings (SSSR count). The third-order valence-electron chi connectivity index (χ3n) is 7.32. The lowest BCUT2D eigenvalue weighted by Crippen LogP contribution is -2.73. The van der Waals surface area contributed by atoms with Crippen molar-refractivity contribution < 1.29 is 4.74 Å². The molecular weight excluding hydrogens is 304 g/mol. The van der Waals surface area contributed by atoms with Crippen molar-refractivity contribution in [3.8, 4) is 6.07 Å². The van der Waals surface area contributed by atoms with Crippen LogP contribution in [0.15, 0.2) is 12.1 Å². The number of hydrogen-bond acceptors (Lipinski definition) is 4. The molecule has 4 aliphatic carbocycles. The summed E-state index contributed by atoms with van der Waals surface area (Å²) in [6.07, 6.45) is 8.21. The van der Waals surface area contributed by atoms with Gasteiger partial charge in [0.15, 0.2) is 0 Å². The number of thiophene rings is 1. The second-order valence-electron chi connectivity index (χ2n) is 8.21. The molecular formula is C19H24N2OS. The van der Waals surface area contributed by atoms with Gasteiger partial charge in [-0.1, -0.05) is 6.42 Å². The van der Waals surface area contributed by atoms with Crippen molar-refractivity contribution in [1.82, 2.24) is 4.90 Å². The van der Waals surface area contributed by atoms with Crippen LogP contribution in [0.3, 0.4) is 0 Å².